The van der Waals surface area contributed by atoms with Gasteiger partial charge in [-0.15, -0.1) is 11.8 Å². The number of nitrogens with zero attached hydrogens (tertiary/aromatic N) is 1. The molecule has 0 amide bonds. The zero-order valence-electron chi connectivity index (χ0n) is 18.5. The van der Waals surface area contributed by atoms with Crippen molar-refractivity contribution in [3.8, 4) is 0 Å². The molecule has 2 saturated heterocycles. The molecule has 0 radical (unpaired) electrons. The monoisotopic (exact) mass is 413 g/mol. The molecular formula is C22H43N3O2S. The number of ether oxygens (including phenoxy) is 2. The lowest BCUT2D eigenvalue weighted by Gasteiger charge is -2.45. The Hall–Kier alpha value is 0.150. The number of fused-ring (bicyclic) bond motifs is 1. The van der Waals surface area contributed by atoms with Crippen molar-refractivity contribution in [1.82, 2.24) is 15.5 Å². The molecule has 5 nitrogen and oxygen atoms in total. The van der Waals surface area contributed by atoms with E-state index < -0.39 is 0 Å². The SMILES string of the molecule is CCOCCC1CCC(C)SC2NCNC(OC3CCC(N(C)C)CC3)C2C1. The third-order valence-electron chi connectivity index (χ3n) is 6.94. The average molecular weight is 414 g/mol. The fourth-order valence-electron chi connectivity index (χ4n) is 5.12. The summed E-state index contributed by atoms with van der Waals surface area (Å²) in [7, 11) is 4.42. The summed E-state index contributed by atoms with van der Waals surface area (Å²) in [6, 6.07) is 0.731. The number of nitrogens with one attached hydrogen (secondary N) is 2. The van der Waals surface area contributed by atoms with Crippen LogP contribution in [0.5, 0.6) is 0 Å². The maximum absolute atomic E-state index is 6.72. The summed E-state index contributed by atoms with van der Waals surface area (Å²) in [5, 5.41) is 8.61. The Balaban J connectivity index is 1.59. The normalized spacial score (nSPS) is 40.0. The Morgan fingerprint density at radius 3 is 2.54 bits per heavy atom. The minimum Gasteiger partial charge on any atom is -0.382 e. The van der Waals surface area contributed by atoms with E-state index in [4.69, 9.17) is 9.47 Å². The second kappa shape index (κ2) is 11.5. The molecule has 1 saturated carbocycles. The highest BCUT2D eigenvalue weighted by molar-refractivity contribution is 8.00. The molecule has 2 heterocycles. The molecular weight excluding hydrogens is 370 g/mol. The van der Waals surface area contributed by atoms with Crippen molar-refractivity contribution in [1.29, 1.82) is 0 Å². The van der Waals surface area contributed by atoms with Crippen molar-refractivity contribution in [2.24, 2.45) is 11.8 Å². The Labute approximate surface area is 177 Å². The van der Waals surface area contributed by atoms with Gasteiger partial charge in [-0.3, -0.25) is 10.6 Å². The molecule has 3 aliphatic rings. The van der Waals surface area contributed by atoms with Crippen molar-refractivity contribution in [3.05, 3.63) is 0 Å². The van der Waals surface area contributed by atoms with Crippen molar-refractivity contribution >= 4 is 11.8 Å². The van der Waals surface area contributed by atoms with Gasteiger partial charge in [0, 0.05) is 37.1 Å². The minimum absolute atomic E-state index is 0.194. The van der Waals surface area contributed by atoms with Gasteiger partial charge in [0.2, 0.25) is 0 Å². The second-order valence-electron chi connectivity index (χ2n) is 9.23. The first-order valence-corrected chi connectivity index (χ1v) is 12.5. The number of hydrogen-bond acceptors (Lipinski definition) is 6. The van der Waals surface area contributed by atoms with Crippen LogP contribution in [0.4, 0.5) is 0 Å². The Morgan fingerprint density at radius 2 is 1.82 bits per heavy atom. The van der Waals surface area contributed by atoms with Crippen LogP contribution in [0.15, 0.2) is 0 Å². The van der Waals surface area contributed by atoms with Gasteiger partial charge < -0.3 is 14.4 Å². The van der Waals surface area contributed by atoms with Gasteiger partial charge in [-0.05, 0) is 78.3 Å². The van der Waals surface area contributed by atoms with Gasteiger partial charge in [-0.1, -0.05) is 6.92 Å². The third-order valence-corrected chi connectivity index (χ3v) is 8.45. The third kappa shape index (κ3) is 6.58. The van der Waals surface area contributed by atoms with E-state index in [9.17, 15) is 0 Å². The Bertz CT molecular complexity index is 445. The van der Waals surface area contributed by atoms with E-state index in [1.54, 1.807) is 0 Å². The molecule has 2 aliphatic heterocycles. The van der Waals surface area contributed by atoms with Crippen LogP contribution in [0.25, 0.3) is 0 Å². The van der Waals surface area contributed by atoms with Crippen LogP contribution < -0.4 is 10.6 Å². The highest BCUT2D eigenvalue weighted by atomic mass is 32.2. The van der Waals surface area contributed by atoms with Gasteiger partial charge in [0.05, 0.1) is 11.5 Å². The van der Waals surface area contributed by atoms with E-state index in [1.807, 2.05) is 0 Å². The van der Waals surface area contributed by atoms with Gasteiger partial charge in [0.25, 0.3) is 0 Å². The van der Waals surface area contributed by atoms with Crippen molar-refractivity contribution < 1.29 is 9.47 Å². The first-order chi connectivity index (χ1) is 13.6. The predicted octanol–water partition coefficient (Wildman–Crippen LogP) is 3.64. The predicted molar refractivity (Wildman–Crippen MR) is 119 cm³/mol. The maximum Gasteiger partial charge on any atom is 0.114 e. The van der Waals surface area contributed by atoms with E-state index in [-0.39, 0.29) is 6.23 Å². The van der Waals surface area contributed by atoms with Gasteiger partial charge in [0.1, 0.15) is 6.23 Å². The number of rotatable bonds is 7. The topological polar surface area (TPSA) is 45.8 Å². The molecule has 0 aromatic carbocycles. The lowest BCUT2D eigenvalue weighted by molar-refractivity contribution is -0.0966. The van der Waals surface area contributed by atoms with E-state index in [2.05, 4.69) is 55.2 Å². The molecule has 3 fully saturated rings. The van der Waals surface area contributed by atoms with Crippen LogP contribution >= 0.6 is 11.8 Å². The molecule has 2 N–H and O–H groups in total. The number of thioether (sulfide) groups is 1. The summed E-state index contributed by atoms with van der Waals surface area (Å²) in [4.78, 5) is 2.38. The molecule has 5 atom stereocenters. The van der Waals surface area contributed by atoms with Crippen molar-refractivity contribution in [3.63, 3.8) is 0 Å². The van der Waals surface area contributed by atoms with E-state index in [1.165, 1.54) is 51.4 Å². The quantitative estimate of drug-likeness (QED) is 0.621. The smallest absolute Gasteiger partial charge is 0.114 e. The molecule has 0 bridgehead atoms. The minimum atomic E-state index is 0.194. The number of hydrogen-bond donors (Lipinski definition) is 2. The van der Waals surface area contributed by atoms with Gasteiger partial charge in [-0.2, -0.15) is 0 Å². The lowest BCUT2D eigenvalue weighted by atomic mass is 9.86. The molecule has 1 aliphatic carbocycles. The Morgan fingerprint density at radius 1 is 1.04 bits per heavy atom. The first kappa shape index (κ1) is 22.8. The summed E-state index contributed by atoms with van der Waals surface area (Å²) in [6.45, 7) is 7.09. The zero-order valence-corrected chi connectivity index (χ0v) is 19.3. The molecule has 164 valence electrons. The average Bonchev–Trinajstić information content (AvgIpc) is 2.67. The lowest BCUT2D eigenvalue weighted by Crippen LogP contribution is -2.59. The van der Waals surface area contributed by atoms with E-state index in [0.717, 1.165) is 31.8 Å². The first-order valence-electron chi connectivity index (χ1n) is 11.6. The maximum atomic E-state index is 6.72. The van der Waals surface area contributed by atoms with E-state index >= 15 is 0 Å². The molecule has 28 heavy (non-hydrogen) atoms. The summed E-state index contributed by atoms with van der Waals surface area (Å²) in [5.41, 5.74) is 0. The largest absolute Gasteiger partial charge is 0.382 e. The fraction of sp³-hybridized carbons (Fsp3) is 1.00. The molecule has 5 unspecified atom stereocenters. The van der Waals surface area contributed by atoms with Crippen LogP contribution in [-0.4, -0.2) is 67.9 Å². The van der Waals surface area contributed by atoms with Crippen molar-refractivity contribution in [2.45, 2.75) is 94.2 Å². The van der Waals surface area contributed by atoms with Crippen LogP contribution in [0.2, 0.25) is 0 Å². The molecule has 0 aromatic rings. The standard InChI is InChI=1S/C22H43N3O2S/c1-5-26-13-12-17-7-6-16(2)28-22-20(14-17)21(23-15-24-22)27-19-10-8-18(9-11-19)25(3)4/h16-24H,5-15H2,1-4H3. The summed E-state index contributed by atoms with van der Waals surface area (Å²) < 4.78 is 12.4. The second-order valence-corrected chi connectivity index (χ2v) is 10.8. The Kier molecular flexibility index (Phi) is 9.39. The molecule has 0 aromatic heterocycles. The van der Waals surface area contributed by atoms with Crippen LogP contribution in [-0.2, 0) is 9.47 Å². The summed E-state index contributed by atoms with van der Waals surface area (Å²) >= 11 is 2.14. The van der Waals surface area contributed by atoms with Crippen molar-refractivity contribution in [2.75, 3.05) is 34.0 Å². The molecule has 6 heteroatoms. The fourth-order valence-corrected chi connectivity index (χ4v) is 6.53. The molecule has 0 spiro atoms. The van der Waals surface area contributed by atoms with E-state index in [0.29, 0.717) is 22.6 Å². The van der Waals surface area contributed by atoms with Crippen LogP contribution in [0, 0.1) is 11.8 Å². The summed E-state index contributed by atoms with van der Waals surface area (Å²) in [6.07, 6.45) is 10.6. The van der Waals surface area contributed by atoms with Crippen LogP contribution in [0.1, 0.15) is 65.2 Å². The van der Waals surface area contributed by atoms with Gasteiger partial charge >= 0.3 is 0 Å². The highest BCUT2D eigenvalue weighted by Gasteiger charge is 2.39. The van der Waals surface area contributed by atoms with Gasteiger partial charge in [0.15, 0.2) is 0 Å². The highest BCUT2D eigenvalue weighted by Crippen LogP contribution is 2.39. The molecule has 3 rings (SSSR count). The van der Waals surface area contributed by atoms with Gasteiger partial charge in [-0.25, -0.2) is 0 Å². The summed E-state index contributed by atoms with van der Waals surface area (Å²) in [5.74, 6) is 1.29. The zero-order chi connectivity index (χ0) is 19.9. The van der Waals surface area contributed by atoms with Crippen LogP contribution in [0.3, 0.4) is 0 Å².